The predicted octanol–water partition coefficient (Wildman–Crippen LogP) is 4.62. The number of halogens is 2. The maximum atomic E-state index is 13.2. The lowest BCUT2D eigenvalue weighted by Gasteiger charge is -2.38. The molecule has 0 bridgehead atoms. The Kier molecular flexibility index (Phi) is 4.67. The Balaban J connectivity index is 2.23. The number of aliphatic hydroxyl groups is 1. The van der Waals surface area contributed by atoms with Gasteiger partial charge in [-0.05, 0) is 49.3 Å². The fourth-order valence-electron chi connectivity index (χ4n) is 3.05. The van der Waals surface area contributed by atoms with E-state index in [9.17, 15) is 14.8 Å². The molecule has 0 heterocycles. The lowest BCUT2D eigenvalue weighted by molar-refractivity contribution is 0.0242. The molecule has 1 aromatic carbocycles. The van der Waals surface area contributed by atoms with Gasteiger partial charge in [0.15, 0.2) is 0 Å². The van der Waals surface area contributed by atoms with Gasteiger partial charge in [-0.25, -0.2) is 4.39 Å². The van der Waals surface area contributed by atoms with Crippen molar-refractivity contribution in [1.82, 2.24) is 0 Å². The summed E-state index contributed by atoms with van der Waals surface area (Å²) >= 11 is 5.76. The molecule has 0 spiro atoms. The first-order chi connectivity index (χ1) is 9.52. The lowest BCUT2D eigenvalue weighted by atomic mass is 9.66. The Morgan fingerprint density at radius 3 is 2.65 bits per heavy atom. The number of nitrogens with zero attached hydrogens (tertiary/aromatic N) is 1. The summed E-state index contributed by atoms with van der Waals surface area (Å²) in [5.74, 6) is 0.129. The maximum absolute atomic E-state index is 13.2. The highest BCUT2D eigenvalue weighted by atomic mass is 35.5. The van der Waals surface area contributed by atoms with E-state index in [0.29, 0.717) is 24.3 Å². The van der Waals surface area contributed by atoms with Crippen molar-refractivity contribution in [3.8, 4) is 6.07 Å². The Hall–Kier alpha value is -1.11. The molecule has 20 heavy (non-hydrogen) atoms. The number of hydrogen-bond acceptors (Lipinski definition) is 2. The van der Waals surface area contributed by atoms with Crippen LogP contribution in [0.5, 0.6) is 0 Å². The van der Waals surface area contributed by atoms with Gasteiger partial charge in [0.1, 0.15) is 5.82 Å². The molecule has 4 heteroatoms. The second kappa shape index (κ2) is 6.11. The molecule has 1 saturated carbocycles. The number of hydrogen-bond donors (Lipinski definition) is 1. The SMILES string of the molecule is CCC1CCC(C#N)(C(O)c2ccc(F)c(Cl)c2)CC1. The summed E-state index contributed by atoms with van der Waals surface area (Å²) in [6.45, 7) is 2.15. The molecule has 2 rings (SSSR count). The standard InChI is InChI=1S/C16H19ClFNO/c1-2-11-5-7-16(10-19,8-6-11)15(20)12-3-4-14(18)13(17)9-12/h3-4,9,11,15,20H,2,5-8H2,1H3. The fraction of sp³-hybridized carbons (Fsp3) is 0.562. The minimum atomic E-state index is -0.914. The van der Waals surface area contributed by atoms with E-state index >= 15 is 0 Å². The van der Waals surface area contributed by atoms with Crippen LogP contribution in [0.25, 0.3) is 0 Å². The molecule has 1 aromatic rings. The van der Waals surface area contributed by atoms with E-state index in [1.807, 2.05) is 0 Å². The van der Waals surface area contributed by atoms with Gasteiger partial charge in [0.25, 0.3) is 0 Å². The highest BCUT2D eigenvalue weighted by molar-refractivity contribution is 6.30. The summed E-state index contributed by atoms with van der Waals surface area (Å²) < 4.78 is 13.2. The molecule has 0 saturated heterocycles. The van der Waals surface area contributed by atoms with Crippen molar-refractivity contribution in [1.29, 1.82) is 5.26 Å². The van der Waals surface area contributed by atoms with E-state index in [-0.39, 0.29) is 5.02 Å². The van der Waals surface area contributed by atoms with Crippen molar-refractivity contribution in [2.75, 3.05) is 0 Å². The molecule has 2 nitrogen and oxygen atoms in total. The van der Waals surface area contributed by atoms with E-state index in [1.54, 1.807) is 0 Å². The lowest BCUT2D eigenvalue weighted by Crippen LogP contribution is -2.32. The average molecular weight is 296 g/mol. The van der Waals surface area contributed by atoms with Gasteiger partial charge in [-0.15, -0.1) is 0 Å². The number of rotatable bonds is 3. The molecule has 1 N–H and O–H groups in total. The fourth-order valence-corrected chi connectivity index (χ4v) is 3.24. The van der Waals surface area contributed by atoms with Crippen LogP contribution < -0.4 is 0 Å². The van der Waals surface area contributed by atoms with Crippen LogP contribution in [0.2, 0.25) is 5.02 Å². The van der Waals surface area contributed by atoms with E-state index in [1.165, 1.54) is 18.2 Å². The van der Waals surface area contributed by atoms with Gasteiger partial charge in [-0.3, -0.25) is 0 Å². The second-order valence-electron chi connectivity index (χ2n) is 5.70. The quantitative estimate of drug-likeness (QED) is 0.884. The van der Waals surface area contributed by atoms with Crippen LogP contribution in [-0.2, 0) is 0 Å². The summed E-state index contributed by atoms with van der Waals surface area (Å²) in [6, 6.07) is 6.48. The van der Waals surface area contributed by atoms with Crippen molar-refractivity contribution in [3.05, 3.63) is 34.6 Å². The van der Waals surface area contributed by atoms with Crippen LogP contribution >= 0.6 is 11.6 Å². The normalized spacial score (nSPS) is 27.9. The van der Waals surface area contributed by atoms with Crippen molar-refractivity contribution >= 4 is 11.6 Å². The molecular weight excluding hydrogens is 277 g/mol. The van der Waals surface area contributed by atoms with Crippen LogP contribution in [0.15, 0.2) is 18.2 Å². The molecule has 1 aliphatic rings. The third-order valence-corrected chi connectivity index (χ3v) is 4.87. The molecule has 108 valence electrons. The number of aliphatic hydroxyl groups excluding tert-OH is 1. The van der Waals surface area contributed by atoms with Crippen LogP contribution in [0.1, 0.15) is 50.7 Å². The van der Waals surface area contributed by atoms with Crippen LogP contribution in [0.4, 0.5) is 4.39 Å². The Bertz CT molecular complexity index is 518. The average Bonchev–Trinajstić information content (AvgIpc) is 2.49. The maximum Gasteiger partial charge on any atom is 0.141 e. The topological polar surface area (TPSA) is 44.0 Å². The summed E-state index contributed by atoms with van der Waals surface area (Å²) in [7, 11) is 0. The smallest absolute Gasteiger partial charge is 0.141 e. The Morgan fingerprint density at radius 1 is 1.50 bits per heavy atom. The third-order valence-electron chi connectivity index (χ3n) is 4.58. The third kappa shape index (κ3) is 2.82. The molecular formula is C16H19ClFNO. The van der Waals surface area contributed by atoms with Crippen LogP contribution in [0, 0.1) is 28.5 Å². The monoisotopic (exact) mass is 295 g/mol. The minimum absolute atomic E-state index is 0.0168. The largest absolute Gasteiger partial charge is 0.387 e. The summed E-state index contributed by atoms with van der Waals surface area (Å²) in [6.07, 6.45) is 3.46. The molecule has 1 aliphatic carbocycles. The van der Waals surface area contributed by atoms with Gasteiger partial charge >= 0.3 is 0 Å². The summed E-state index contributed by atoms with van der Waals surface area (Å²) in [4.78, 5) is 0. The highest BCUT2D eigenvalue weighted by Crippen LogP contribution is 2.48. The van der Waals surface area contributed by atoms with Gasteiger partial charge in [-0.2, -0.15) is 5.26 Å². The Morgan fingerprint density at radius 2 is 2.15 bits per heavy atom. The Labute approximate surface area is 124 Å². The van der Waals surface area contributed by atoms with Crippen molar-refractivity contribution in [2.45, 2.75) is 45.1 Å². The minimum Gasteiger partial charge on any atom is -0.387 e. The second-order valence-corrected chi connectivity index (χ2v) is 6.10. The molecule has 1 atom stereocenters. The molecule has 0 aromatic heterocycles. The van der Waals surface area contributed by atoms with Gasteiger partial charge in [0, 0.05) is 0 Å². The zero-order chi connectivity index (χ0) is 14.8. The van der Waals surface area contributed by atoms with Gasteiger partial charge < -0.3 is 5.11 Å². The zero-order valence-electron chi connectivity index (χ0n) is 11.6. The first-order valence-corrected chi connectivity index (χ1v) is 7.44. The first kappa shape index (κ1) is 15.3. The molecule has 1 fully saturated rings. The molecule has 1 unspecified atom stereocenters. The zero-order valence-corrected chi connectivity index (χ0v) is 12.3. The number of benzene rings is 1. The molecule has 0 aliphatic heterocycles. The van der Waals surface area contributed by atoms with Crippen LogP contribution in [-0.4, -0.2) is 5.11 Å². The predicted molar refractivity (Wildman–Crippen MR) is 76.7 cm³/mol. The van der Waals surface area contributed by atoms with Gasteiger partial charge in [0.2, 0.25) is 0 Å². The molecule has 0 radical (unpaired) electrons. The molecule has 0 amide bonds. The van der Waals surface area contributed by atoms with Gasteiger partial charge in [0.05, 0.1) is 22.6 Å². The van der Waals surface area contributed by atoms with E-state index in [4.69, 9.17) is 11.6 Å². The van der Waals surface area contributed by atoms with Crippen molar-refractivity contribution in [2.24, 2.45) is 11.3 Å². The summed E-state index contributed by atoms with van der Waals surface area (Å²) in [5, 5.41) is 20.1. The summed E-state index contributed by atoms with van der Waals surface area (Å²) in [5.41, 5.74) is -0.250. The highest BCUT2D eigenvalue weighted by Gasteiger charge is 2.42. The number of nitriles is 1. The van der Waals surface area contributed by atoms with E-state index < -0.39 is 17.3 Å². The van der Waals surface area contributed by atoms with Gasteiger partial charge in [-0.1, -0.05) is 31.0 Å². The van der Waals surface area contributed by atoms with Crippen molar-refractivity contribution < 1.29 is 9.50 Å². The van der Waals surface area contributed by atoms with E-state index in [2.05, 4.69) is 13.0 Å². The van der Waals surface area contributed by atoms with E-state index in [0.717, 1.165) is 19.3 Å². The first-order valence-electron chi connectivity index (χ1n) is 7.06. The van der Waals surface area contributed by atoms with Crippen LogP contribution in [0.3, 0.4) is 0 Å². The van der Waals surface area contributed by atoms with Crippen molar-refractivity contribution in [3.63, 3.8) is 0 Å².